The number of fused-ring (bicyclic) bond motifs is 1. The molecule has 2 atom stereocenters. The first-order chi connectivity index (χ1) is 10.3. The molecule has 5 nitrogen and oxygen atoms in total. The number of nitrogens with one attached hydrogen (secondary N) is 1. The molecule has 1 N–H and O–H groups in total. The molecule has 1 saturated heterocycles. The Bertz CT molecular complexity index is 554. The highest BCUT2D eigenvalue weighted by molar-refractivity contribution is 5.83. The second-order valence-corrected chi connectivity index (χ2v) is 5.93. The van der Waals surface area contributed by atoms with Gasteiger partial charge < -0.3 is 19.7 Å². The normalized spacial score (nSPS) is 27.3. The molecule has 4 rings (SSSR count). The molecule has 1 aromatic rings. The Balaban J connectivity index is 1.45. The van der Waals surface area contributed by atoms with Crippen molar-refractivity contribution in [1.82, 2.24) is 10.2 Å². The number of nitrogens with zero attached hydrogens (tertiary/aromatic N) is 1. The quantitative estimate of drug-likeness (QED) is 0.882. The summed E-state index contributed by atoms with van der Waals surface area (Å²) in [4.78, 5) is 14.5. The largest absolute Gasteiger partial charge is 0.486 e. The Kier molecular flexibility index (Phi) is 3.22. The van der Waals surface area contributed by atoms with Gasteiger partial charge in [-0.25, -0.2) is 0 Å². The lowest BCUT2D eigenvalue weighted by Gasteiger charge is -2.27. The van der Waals surface area contributed by atoms with E-state index >= 15 is 0 Å². The fourth-order valence-corrected chi connectivity index (χ4v) is 3.25. The maximum absolute atomic E-state index is 12.5. The van der Waals surface area contributed by atoms with Crippen molar-refractivity contribution in [2.45, 2.75) is 12.3 Å². The van der Waals surface area contributed by atoms with E-state index < -0.39 is 0 Å². The molecule has 0 bridgehead atoms. The summed E-state index contributed by atoms with van der Waals surface area (Å²) in [6.45, 7) is 4.71. The Hall–Kier alpha value is -1.75. The third kappa shape index (κ3) is 2.46. The lowest BCUT2D eigenvalue weighted by molar-refractivity contribution is -0.133. The molecule has 2 heterocycles. The Morgan fingerprint density at radius 1 is 1.14 bits per heavy atom. The minimum absolute atomic E-state index is 0.158. The molecule has 2 aliphatic heterocycles. The molecule has 1 saturated carbocycles. The van der Waals surface area contributed by atoms with Crippen LogP contribution in [0, 0.1) is 5.92 Å². The number of hydrogen-bond donors (Lipinski definition) is 1. The van der Waals surface area contributed by atoms with E-state index in [-0.39, 0.29) is 5.92 Å². The number of piperazine rings is 1. The van der Waals surface area contributed by atoms with Crippen LogP contribution >= 0.6 is 0 Å². The highest BCUT2D eigenvalue weighted by atomic mass is 16.6. The molecular formula is C16H20N2O3. The van der Waals surface area contributed by atoms with E-state index in [2.05, 4.69) is 11.4 Å². The number of carbonyl (C=O) groups excluding carboxylic acids is 1. The molecule has 112 valence electrons. The summed E-state index contributed by atoms with van der Waals surface area (Å²) in [6.07, 6.45) is 0.961. The minimum atomic E-state index is 0.158. The average Bonchev–Trinajstić information content (AvgIpc) is 3.35. The van der Waals surface area contributed by atoms with Crippen molar-refractivity contribution < 1.29 is 14.3 Å². The fourth-order valence-electron chi connectivity index (χ4n) is 3.25. The van der Waals surface area contributed by atoms with Crippen LogP contribution in [0.3, 0.4) is 0 Å². The number of rotatable bonds is 2. The van der Waals surface area contributed by atoms with Crippen LogP contribution in [0.4, 0.5) is 0 Å². The van der Waals surface area contributed by atoms with Crippen molar-refractivity contribution in [1.29, 1.82) is 0 Å². The monoisotopic (exact) mass is 288 g/mol. The summed E-state index contributed by atoms with van der Waals surface area (Å²) in [7, 11) is 0. The molecule has 1 aromatic carbocycles. The number of carbonyl (C=O) groups is 1. The molecule has 1 aliphatic carbocycles. The highest BCUT2D eigenvalue weighted by Crippen LogP contribution is 2.50. The number of ether oxygens (including phenoxy) is 2. The summed E-state index contributed by atoms with van der Waals surface area (Å²) in [6, 6.07) is 6.09. The van der Waals surface area contributed by atoms with Gasteiger partial charge >= 0.3 is 0 Å². The molecule has 2 unspecified atom stereocenters. The van der Waals surface area contributed by atoms with Crippen molar-refractivity contribution in [3.63, 3.8) is 0 Å². The summed E-state index contributed by atoms with van der Waals surface area (Å²) in [5.74, 6) is 2.46. The molecular weight excluding hydrogens is 268 g/mol. The lowest BCUT2D eigenvalue weighted by atomic mass is 10.1. The molecule has 0 aromatic heterocycles. The van der Waals surface area contributed by atoms with Crippen molar-refractivity contribution >= 4 is 5.91 Å². The summed E-state index contributed by atoms with van der Waals surface area (Å²) in [5.41, 5.74) is 1.20. The van der Waals surface area contributed by atoms with Gasteiger partial charge in [0.1, 0.15) is 13.2 Å². The van der Waals surface area contributed by atoms with Crippen LogP contribution in [0.15, 0.2) is 18.2 Å². The van der Waals surface area contributed by atoms with E-state index in [0.29, 0.717) is 25.0 Å². The zero-order chi connectivity index (χ0) is 14.2. The van der Waals surface area contributed by atoms with E-state index in [1.807, 2.05) is 17.0 Å². The van der Waals surface area contributed by atoms with Crippen molar-refractivity contribution in [2.75, 3.05) is 39.4 Å². The predicted molar refractivity (Wildman–Crippen MR) is 77.7 cm³/mol. The molecule has 3 aliphatic rings. The van der Waals surface area contributed by atoms with Gasteiger partial charge in [-0.2, -0.15) is 0 Å². The van der Waals surface area contributed by atoms with Gasteiger partial charge in [0.15, 0.2) is 11.5 Å². The van der Waals surface area contributed by atoms with Crippen molar-refractivity contribution in [2.24, 2.45) is 5.92 Å². The maximum Gasteiger partial charge on any atom is 0.226 e. The van der Waals surface area contributed by atoms with Crippen LogP contribution in [-0.2, 0) is 4.79 Å². The fraction of sp³-hybridized carbons (Fsp3) is 0.562. The summed E-state index contributed by atoms with van der Waals surface area (Å²) in [5, 5.41) is 3.28. The first-order valence-electron chi connectivity index (χ1n) is 7.72. The molecule has 5 heteroatoms. The van der Waals surface area contributed by atoms with Gasteiger partial charge in [0.05, 0.1) is 0 Å². The van der Waals surface area contributed by atoms with Crippen LogP contribution < -0.4 is 14.8 Å². The van der Waals surface area contributed by atoms with E-state index in [0.717, 1.165) is 44.1 Å². The second kappa shape index (κ2) is 5.22. The topological polar surface area (TPSA) is 50.8 Å². The highest BCUT2D eigenvalue weighted by Gasteiger charge is 2.46. The maximum atomic E-state index is 12.5. The van der Waals surface area contributed by atoms with Gasteiger partial charge in [0.25, 0.3) is 0 Å². The van der Waals surface area contributed by atoms with E-state index in [1.54, 1.807) is 0 Å². The average molecular weight is 288 g/mol. The van der Waals surface area contributed by atoms with Gasteiger partial charge in [0, 0.05) is 32.1 Å². The van der Waals surface area contributed by atoms with Gasteiger partial charge in [-0.3, -0.25) is 4.79 Å². The Labute approximate surface area is 124 Å². The second-order valence-electron chi connectivity index (χ2n) is 5.93. The lowest BCUT2D eigenvalue weighted by Crippen LogP contribution is -2.47. The van der Waals surface area contributed by atoms with Crippen LogP contribution in [0.2, 0.25) is 0 Å². The molecule has 0 spiro atoms. The van der Waals surface area contributed by atoms with Gasteiger partial charge in [-0.15, -0.1) is 0 Å². The van der Waals surface area contributed by atoms with Crippen LogP contribution in [0.25, 0.3) is 0 Å². The first-order valence-corrected chi connectivity index (χ1v) is 7.72. The van der Waals surface area contributed by atoms with Crippen LogP contribution in [-0.4, -0.2) is 50.2 Å². The van der Waals surface area contributed by atoms with Gasteiger partial charge in [-0.05, 0) is 30.0 Å². The number of hydrogen-bond acceptors (Lipinski definition) is 4. The third-order valence-corrected chi connectivity index (χ3v) is 4.53. The third-order valence-electron chi connectivity index (χ3n) is 4.53. The Morgan fingerprint density at radius 3 is 2.71 bits per heavy atom. The molecule has 1 amide bonds. The predicted octanol–water partition coefficient (Wildman–Crippen LogP) is 0.993. The van der Waals surface area contributed by atoms with Crippen LogP contribution in [0.1, 0.15) is 17.9 Å². The first kappa shape index (κ1) is 13.0. The number of amides is 1. The zero-order valence-electron chi connectivity index (χ0n) is 12.0. The van der Waals surface area contributed by atoms with Gasteiger partial charge in [0.2, 0.25) is 5.91 Å². The zero-order valence-corrected chi connectivity index (χ0v) is 12.0. The molecule has 21 heavy (non-hydrogen) atoms. The SMILES string of the molecule is O=C(C1CC1c1ccc2c(c1)OCCO2)N1CCNCC1. The minimum Gasteiger partial charge on any atom is -0.486 e. The molecule has 0 radical (unpaired) electrons. The van der Waals surface area contributed by atoms with Crippen LogP contribution in [0.5, 0.6) is 11.5 Å². The molecule has 2 fully saturated rings. The summed E-state index contributed by atoms with van der Waals surface area (Å²) >= 11 is 0. The van der Waals surface area contributed by atoms with Crippen molar-refractivity contribution in [3.05, 3.63) is 23.8 Å². The Morgan fingerprint density at radius 2 is 1.90 bits per heavy atom. The summed E-state index contributed by atoms with van der Waals surface area (Å²) < 4.78 is 11.2. The van der Waals surface area contributed by atoms with Crippen molar-refractivity contribution in [3.8, 4) is 11.5 Å². The van der Waals surface area contributed by atoms with Gasteiger partial charge in [-0.1, -0.05) is 6.07 Å². The smallest absolute Gasteiger partial charge is 0.226 e. The number of benzene rings is 1. The van der Waals surface area contributed by atoms with E-state index in [1.165, 1.54) is 5.56 Å². The van der Waals surface area contributed by atoms with E-state index in [4.69, 9.17) is 9.47 Å². The van der Waals surface area contributed by atoms with E-state index in [9.17, 15) is 4.79 Å². The standard InChI is InChI=1S/C16H20N2O3/c19-16(18-5-3-17-4-6-18)13-10-12(13)11-1-2-14-15(9-11)21-8-7-20-14/h1-2,9,12-13,17H,3-8,10H2.